The number of ether oxygens (including phenoxy) is 1. The molecule has 0 bridgehead atoms. The van der Waals surface area contributed by atoms with Crippen LogP contribution in [0, 0.1) is 11.3 Å². The fraction of sp³-hybridized carbons (Fsp3) is 0.943. The molecule has 0 aliphatic rings. The van der Waals surface area contributed by atoms with Gasteiger partial charge in [-0.1, -0.05) is 246 Å². The Hall–Kier alpha value is -1.70. The Kier molecular flexibility index (Phi) is 39.9. The average molecular weight is 869 g/mol. The standard InChI is InChI=1S/C53H101FO7/c1-5-9-13-17-21-23-25-29-35-41-47(40-34-28-19-15-11-7-3)52(50(57)58,44-38-32-27-33-39-45-54)53(51(59)60,46-49(55)56)61-48(42-36-30-20-16-12-8-4)43-37-31-26-24-22-18-14-10-6-2/h47-48H,5-46H2,1-4H3,(H,55,56)(H,57,58)(H,59,60). The second-order valence-corrected chi connectivity index (χ2v) is 19.0. The number of aliphatic carboxylic acids is 3. The van der Waals surface area contributed by atoms with E-state index in [1.165, 1.54) is 70.6 Å². The zero-order valence-electron chi connectivity index (χ0n) is 40.7. The molecule has 0 aromatic heterocycles. The summed E-state index contributed by atoms with van der Waals surface area (Å²) in [5, 5.41) is 33.9. The van der Waals surface area contributed by atoms with Crippen molar-refractivity contribution in [1.82, 2.24) is 0 Å². The zero-order valence-corrected chi connectivity index (χ0v) is 40.7. The van der Waals surface area contributed by atoms with Gasteiger partial charge in [-0.3, -0.25) is 14.0 Å². The van der Waals surface area contributed by atoms with Gasteiger partial charge in [0.1, 0.15) is 5.41 Å². The summed E-state index contributed by atoms with van der Waals surface area (Å²) in [6, 6.07) is 0. The van der Waals surface area contributed by atoms with Gasteiger partial charge in [0.15, 0.2) is 5.60 Å². The smallest absolute Gasteiger partial charge is 0.337 e. The van der Waals surface area contributed by atoms with Crippen molar-refractivity contribution in [2.75, 3.05) is 6.67 Å². The van der Waals surface area contributed by atoms with Gasteiger partial charge in [0.25, 0.3) is 0 Å². The summed E-state index contributed by atoms with van der Waals surface area (Å²) in [5.74, 6) is -4.56. The highest BCUT2D eigenvalue weighted by molar-refractivity contribution is 5.92. The third-order valence-corrected chi connectivity index (χ3v) is 13.7. The van der Waals surface area contributed by atoms with Crippen LogP contribution in [0.25, 0.3) is 0 Å². The summed E-state index contributed by atoms with van der Waals surface area (Å²) in [6.07, 6.45) is 36.7. The van der Waals surface area contributed by atoms with Crippen molar-refractivity contribution in [3.05, 3.63) is 0 Å². The Morgan fingerprint density at radius 2 is 0.738 bits per heavy atom. The van der Waals surface area contributed by atoms with Crippen LogP contribution in [-0.4, -0.2) is 51.6 Å². The molecule has 0 aliphatic heterocycles. The summed E-state index contributed by atoms with van der Waals surface area (Å²) in [7, 11) is 0. The maximum Gasteiger partial charge on any atom is 0.337 e. The number of carboxylic acid groups (broad SMARTS) is 3. The van der Waals surface area contributed by atoms with E-state index in [4.69, 9.17) is 4.74 Å². The lowest BCUT2D eigenvalue weighted by Gasteiger charge is -2.50. The van der Waals surface area contributed by atoms with Crippen molar-refractivity contribution < 1.29 is 38.8 Å². The van der Waals surface area contributed by atoms with Gasteiger partial charge in [-0.05, 0) is 44.4 Å². The molecule has 0 fully saturated rings. The van der Waals surface area contributed by atoms with Crippen molar-refractivity contribution in [2.45, 2.75) is 303 Å². The van der Waals surface area contributed by atoms with E-state index in [2.05, 4.69) is 27.7 Å². The van der Waals surface area contributed by atoms with Crippen molar-refractivity contribution in [3.63, 3.8) is 0 Å². The predicted octanol–water partition coefficient (Wildman–Crippen LogP) is 17.0. The van der Waals surface area contributed by atoms with Crippen LogP contribution in [0.15, 0.2) is 0 Å². The van der Waals surface area contributed by atoms with E-state index in [1.54, 1.807) is 0 Å². The highest BCUT2D eigenvalue weighted by Crippen LogP contribution is 2.53. The van der Waals surface area contributed by atoms with Crippen molar-refractivity contribution in [1.29, 1.82) is 0 Å². The van der Waals surface area contributed by atoms with E-state index in [0.29, 0.717) is 51.4 Å². The molecule has 0 spiro atoms. The van der Waals surface area contributed by atoms with Gasteiger partial charge >= 0.3 is 17.9 Å². The van der Waals surface area contributed by atoms with Gasteiger partial charge in [0, 0.05) is 0 Å². The average Bonchev–Trinajstić information content (AvgIpc) is 3.23. The van der Waals surface area contributed by atoms with Crippen LogP contribution in [0.5, 0.6) is 0 Å². The number of hydrogen-bond donors (Lipinski definition) is 3. The lowest BCUT2D eigenvalue weighted by molar-refractivity contribution is -0.228. The third kappa shape index (κ3) is 27.3. The second-order valence-electron chi connectivity index (χ2n) is 19.0. The molecule has 0 heterocycles. The van der Waals surface area contributed by atoms with Gasteiger partial charge in [-0.15, -0.1) is 0 Å². The number of alkyl halides is 1. The first-order valence-electron chi connectivity index (χ1n) is 26.6. The molecular formula is C53H101FO7. The normalized spacial score (nSPS) is 14.7. The minimum Gasteiger partial charge on any atom is -0.481 e. The zero-order chi connectivity index (χ0) is 45.3. The number of rotatable bonds is 49. The summed E-state index contributed by atoms with van der Waals surface area (Å²) in [4.78, 5) is 41.6. The number of carbonyl (C=O) groups is 3. The molecule has 0 rings (SSSR count). The van der Waals surface area contributed by atoms with Gasteiger partial charge < -0.3 is 20.1 Å². The molecule has 0 saturated heterocycles. The van der Waals surface area contributed by atoms with Crippen LogP contribution in [0.2, 0.25) is 0 Å². The van der Waals surface area contributed by atoms with Crippen molar-refractivity contribution in [2.24, 2.45) is 11.3 Å². The molecule has 4 atom stereocenters. The number of unbranched alkanes of at least 4 members (excludes halogenated alkanes) is 30. The van der Waals surface area contributed by atoms with E-state index in [1.807, 2.05) is 0 Å². The van der Waals surface area contributed by atoms with E-state index in [9.17, 15) is 34.1 Å². The van der Waals surface area contributed by atoms with E-state index >= 15 is 0 Å². The van der Waals surface area contributed by atoms with Crippen LogP contribution < -0.4 is 0 Å². The number of hydrogen-bond acceptors (Lipinski definition) is 4. The van der Waals surface area contributed by atoms with Crippen LogP contribution in [-0.2, 0) is 19.1 Å². The molecule has 4 unspecified atom stereocenters. The fourth-order valence-electron chi connectivity index (χ4n) is 9.94. The van der Waals surface area contributed by atoms with E-state index < -0.39 is 54.0 Å². The maximum atomic E-state index is 14.4. The Morgan fingerprint density at radius 1 is 0.426 bits per heavy atom. The summed E-state index contributed by atoms with van der Waals surface area (Å²) < 4.78 is 20.0. The first-order valence-corrected chi connectivity index (χ1v) is 26.6. The monoisotopic (exact) mass is 869 g/mol. The second kappa shape index (κ2) is 41.0. The molecule has 0 radical (unpaired) electrons. The molecule has 61 heavy (non-hydrogen) atoms. The van der Waals surface area contributed by atoms with Gasteiger partial charge in [0.2, 0.25) is 0 Å². The molecule has 0 saturated carbocycles. The molecule has 0 amide bonds. The van der Waals surface area contributed by atoms with Gasteiger partial charge in [-0.2, -0.15) is 0 Å². The summed E-state index contributed by atoms with van der Waals surface area (Å²) in [5.41, 5.74) is -4.36. The van der Waals surface area contributed by atoms with E-state index in [-0.39, 0.29) is 6.42 Å². The van der Waals surface area contributed by atoms with Crippen molar-refractivity contribution in [3.8, 4) is 0 Å². The predicted molar refractivity (Wildman–Crippen MR) is 254 cm³/mol. The third-order valence-electron chi connectivity index (χ3n) is 13.7. The van der Waals surface area contributed by atoms with Crippen LogP contribution in [0.3, 0.4) is 0 Å². The summed E-state index contributed by atoms with van der Waals surface area (Å²) in [6.45, 7) is 8.43. The lowest BCUT2D eigenvalue weighted by atomic mass is 9.57. The Morgan fingerprint density at radius 3 is 1.05 bits per heavy atom. The minimum absolute atomic E-state index is 0.0389. The lowest BCUT2D eigenvalue weighted by Crippen LogP contribution is -2.65. The van der Waals surface area contributed by atoms with Crippen molar-refractivity contribution >= 4 is 17.9 Å². The van der Waals surface area contributed by atoms with Crippen LogP contribution in [0.4, 0.5) is 4.39 Å². The molecule has 8 heteroatoms. The molecule has 0 aliphatic carbocycles. The Bertz CT molecular complexity index is 1020. The van der Waals surface area contributed by atoms with Crippen LogP contribution >= 0.6 is 0 Å². The minimum atomic E-state index is -2.43. The van der Waals surface area contributed by atoms with Gasteiger partial charge in [0.05, 0.1) is 19.2 Å². The number of halogens is 1. The molecule has 0 aromatic carbocycles. The van der Waals surface area contributed by atoms with Crippen LogP contribution in [0.1, 0.15) is 291 Å². The topological polar surface area (TPSA) is 121 Å². The largest absolute Gasteiger partial charge is 0.481 e. The molecule has 0 aromatic rings. The molecular weight excluding hydrogens is 768 g/mol. The molecule has 3 N–H and O–H groups in total. The Labute approximate surface area is 376 Å². The van der Waals surface area contributed by atoms with E-state index in [0.717, 1.165) is 128 Å². The fourth-order valence-corrected chi connectivity index (χ4v) is 9.94. The molecule has 362 valence electrons. The highest BCUT2D eigenvalue weighted by Gasteiger charge is 2.66. The molecule has 7 nitrogen and oxygen atoms in total. The quantitative estimate of drug-likeness (QED) is 0.0521. The maximum absolute atomic E-state index is 14.4. The number of carboxylic acids is 3. The summed E-state index contributed by atoms with van der Waals surface area (Å²) >= 11 is 0. The first kappa shape index (κ1) is 59.3. The highest BCUT2D eigenvalue weighted by atomic mass is 19.1. The SMILES string of the molecule is CCCCCCCCCCCC(CCCCCCCC)OC(CC(=O)O)(C(=O)O)C(CCCCCCCF)(C(=O)O)C(CCCCCCCC)CCCCCCCCCCC. The Balaban J connectivity index is 7.00. The van der Waals surface area contributed by atoms with Gasteiger partial charge in [-0.25, -0.2) is 4.79 Å². The first-order chi connectivity index (χ1) is 29.6.